The topological polar surface area (TPSA) is 120 Å². The molecule has 2 aliphatic heterocycles. The van der Waals surface area contributed by atoms with Crippen LogP contribution in [0.1, 0.15) is 25.7 Å². The number of unbranched alkanes of at least 4 members (excludes halogenated alkanes) is 3. The summed E-state index contributed by atoms with van der Waals surface area (Å²) in [6.45, 7) is 2.84. The van der Waals surface area contributed by atoms with E-state index in [1.165, 1.54) is 0 Å². The molecule has 0 radical (unpaired) electrons. The number of carbonyl (C=O) groups excluding carboxylic acids is 2. The first kappa shape index (κ1) is 18.7. The van der Waals surface area contributed by atoms with Crippen molar-refractivity contribution in [2.24, 2.45) is 0 Å². The number of hydrogen-bond acceptors (Lipinski definition) is 10. The number of hydrogen-bond donors (Lipinski definition) is 2. The molecule has 138 valence electrons. The van der Waals surface area contributed by atoms with Gasteiger partial charge in [0.25, 0.3) is 0 Å². The highest BCUT2D eigenvalue weighted by Gasteiger charge is 2.25. The van der Waals surface area contributed by atoms with Crippen LogP contribution in [0.25, 0.3) is 0 Å². The molecule has 2 N–H and O–H groups in total. The van der Waals surface area contributed by atoms with Gasteiger partial charge in [-0.15, -0.1) is 11.0 Å². The summed E-state index contributed by atoms with van der Waals surface area (Å²) in [5.74, 6) is 0. The van der Waals surface area contributed by atoms with E-state index in [1.54, 1.807) is 0 Å². The predicted molar refractivity (Wildman–Crippen MR) is 78.8 cm³/mol. The summed E-state index contributed by atoms with van der Waals surface area (Å²) >= 11 is 0. The molecule has 10 heteroatoms. The van der Waals surface area contributed by atoms with Crippen LogP contribution in [-0.2, 0) is 28.6 Å². The minimum Gasteiger partial charge on any atom is -0.430 e. The van der Waals surface area contributed by atoms with Crippen molar-refractivity contribution in [1.29, 1.82) is 0 Å². The molecule has 24 heavy (non-hydrogen) atoms. The van der Waals surface area contributed by atoms with Crippen molar-refractivity contribution in [2.75, 3.05) is 39.5 Å². The fourth-order valence-electron chi connectivity index (χ4n) is 1.68. The minimum absolute atomic E-state index is 0.0317. The van der Waals surface area contributed by atoms with Crippen LogP contribution in [0.15, 0.2) is 0 Å². The number of nitrogens with one attached hydrogen (secondary N) is 2. The van der Waals surface area contributed by atoms with E-state index in [9.17, 15) is 9.59 Å². The summed E-state index contributed by atoms with van der Waals surface area (Å²) in [5, 5.41) is 0. The fourth-order valence-corrected chi connectivity index (χ4v) is 1.68. The molecule has 2 aliphatic rings. The molecule has 0 saturated carbocycles. The molecule has 0 aromatic rings. The Morgan fingerprint density at radius 3 is 1.58 bits per heavy atom. The van der Waals surface area contributed by atoms with Crippen molar-refractivity contribution in [3.63, 3.8) is 0 Å². The number of rotatable bonds is 13. The maximum atomic E-state index is 11.1. The average molecular weight is 348 g/mol. The molecule has 0 spiro atoms. The Balaban J connectivity index is 1.25. The summed E-state index contributed by atoms with van der Waals surface area (Å²) in [5.41, 5.74) is 5.09. The van der Waals surface area contributed by atoms with Crippen molar-refractivity contribution in [3.05, 3.63) is 0 Å². The van der Waals surface area contributed by atoms with Gasteiger partial charge in [0.2, 0.25) is 0 Å². The Morgan fingerprint density at radius 1 is 0.792 bits per heavy atom. The van der Waals surface area contributed by atoms with Crippen LogP contribution in [0, 0.1) is 0 Å². The average Bonchev–Trinajstić information content (AvgIpc) is 3.47. The van der Waals surface area contributed by atoms with E-state index in [2.05, 4.69) is 20.6 Å². The van der Waals surface area contributed by atoms with Gasteiger partial charge in [0, 0.05) is 13.1 Å². The Labute approximate surface area is 139 Å². The van der Waals surface area contributed by atoms with Gasteiger partial charge in [-0.1, -0.05) is 12.8 Å². The van der Waals surface area contributed by atoms with Gasteiger partial charge in [-0.2, -0.15) is 0 Å². The van der Waals surface area contributed by atoms with Gasteiger partial charge < -0.3 is 28.6 Å². The van der Waals surface area contributed by atoms with E-state index in [0.29, 0.717) is 26.3 Å². The number of hydroxylamine groups is 2. The molecular formula is C14H24N2O8. The van der Waals surface area contributed by atoms with Gasteiger partial charge in [-0.3, -0.25) is 0 Å². The second-order valence-corrected chi connectivity index (χ2v) is 5.44. The van der Waals surface area contributed by atoms with Gasteiger partial charge in [0.15, 0.2) is 0 Å². The van der Waals surface area contributed by atoms with Crippen molar-refractivity contribution < 1.29 is 38.2 Å². The Hall–Kier alpha value is -1.62. The number of carbonyl (C=O) groups is 2. The standard InChI is InChI=1S/C14H24N2O8/c17-13(21-9-11-7-19-11)23-15-5-3-1-2-4-6-16-24-14(18)22-10-12-8-20-12/h11-12,15-16H,1-10H2. The molecule has 2 rings (SSSR count). The fraction of sp³-hybridized carbons (Fsp3) is 0.857. The summed E-state index contributed by atoms with van der Waals surface area (Å²) in [7, 11) is 0. The van der Waals surface area contributed by atoms with E-state index < -0.39 is 12.3 Å². The summed E-state index contributed by atoms with van der Waals surface area (Å²) in [6.07, 6.45) is 2.18. The van der Waals surface area contributed by atoms with Crippen LogP contribution < -0.4 is 11.0 Å². The Morgan fingerprint density at radius 2 is 1.21 bits per heavy atom. The van der Waals surface area contributed by atoms with Crippen molar-refractivity contribution in [2.45, 2.75) is 37.9 Å². The molecule has 0 amide bonds. The van der Waals surface area contributed by atoms with Gasteiger partial charge in [0.1, 0.15) is 25.4 Å². The van der Waals surface area contributed by atoms with Crippen LogP contribution in [0.4, 0.5) is 9.59 Å². The lowest BCUT2D eigenvalue weighted by Crippen LogP contribution is -2.23. The summed E-state index contributed by atoms with van der Waals surface area (Å²) in [4.78, 5) is 31.5. The maximum absolute atomic E-state index is 11.1. The SMILES string of the molecule is O=C(OCC1CO1)ONCCCCCCNOC(=O)OCC1CO1. The normalized spacial score (nSPS) is 21.0. The maximum Gasteiger partial charge on any atom is 0.527 e. The van der Waals surface area contributed by atoms with E-state index >= 15 is 0 Å². The van der Waals surface area contributed by atoms with E-state index in [0.717, 1.165) is 25.7 Å². The molecule has 10 nitrogen and oxygen atoms in total. The van der Waals surface area contributed by atoms with E-state index in [-0.39, 0.29) is 25.4 Å². The lowest BCUT2D eigenvalue weighted by atomic mass is 10.2. The van der Waals surface area contributed by atoms with Gasteiger partial charge in [0.05, 0.1) is 13.2 Å². The van der Waals surface area contributed by atoms with Crippen LogP contribution in [0.3, 0.4) is 0 Å². The van der Waals surface area contributed by atoms with Crippen LogP contribution >= 0.6 is 0 Å². The quantitative estimate of drug-likeness (QED) is 0.212. The highest BCUT2D eigenvalue weighted by Crippen LogP contribution is 2.09. The molecular weight excluding hydrogens is 324 g/mol. The Bertz CT molecular complexity index is 351. The van der Waals surface area contributed by atoms with Crippen LogP contribution in [0.5, 0.6) is 0 Å². The molecule has 0 aromatic heterocycles. The molecule has 0 aliphatic carbocycles. The molecule has 2 saturated heterocycles. The minimum atomic E-state index is -0.744. The molecule has 2 unspecified atom stereocenters. The first-order chi connectivity index (χ1) is 11.7. The lowest BCUT2D eigenvalue weighted by Gasteiger charge is -2.07. The van der Waals surface area contributed by atoms with E-state index in [4.69, 9.17) is 18.9 Å². The molecule has 2 fully saturated rings. The molecule has 2 atom stereocenters. The smallest absolute Gasteiger partial charge is 0.430 e. The van der Waals surface area contributed by atoms with Crippen LogP contribution in [0.2, 0.25) is 0 Å². The van der Waals surface area contributed by atoms with Crippen molar-refractivity contribution >= 4 is 12.3 Å². The molecule has 2 heterocycles. The van der Waals surface area contributed by atoms with E-state index in [1.807, 2.05) is 0 Å². The first-order valence-corrected chi connectivity index (χ1v) is 8.10. The highest BCUT2D eigenvalue weighted by atomic mass is 16.8. The second-order valence-electron chi connectivity index (χ2n) is 5.44. The Kier molecular flexibility index (Phi) is 8.60. The zero-order valence-corrected chi connectivity index (χ0v) is 13.5. The first-order valence-electron chi connectivity index (χ1n) is 8.10. The van der Waals surface area contributed by atoms with Gasteiger partial charge in [-0.25, -0.2) is 9.59 Å². The van der Waals surface area contributed by atoms with Gasteiger partial charge in [-0.05, 0) is 12.8 Å². The highest BCUT2D eigenvalue weighted by molar-refractivity contribution is 5.59. The third-order valence-corrected chi connectivity index (χ3v) is 3.20. The third kappa shape index (κ3) is 10.2. The summed E-state index contributed by atoms with van der Waals surface area (Å²) in [6, 6.07) is 0. The third-order valence-electron chi connectivity index (χ3n) is 3.20. The summed E-state index contributed by atoms with van der Waals surface area (Å²) < 4.78 is 19.3. The predicted octanol–water partition coefficient (Wildman–Crippen LogP) is 0.660. The number of epoxide rings is 2. The number of ether oxygens (including phenoxy) is 4. The molecule has 0 aromatic carbocycles. The largest absolute Gasteiger partial charge is 0.527 e. The lowest BCUT2D eigenvalue weighted by molar-refractivity contribution is 0.0115. The van der Waals surface area contributed by atoms with Crippen LogP contribution in [-0.4, -0.2) is 64.0 Å². The van der Waals surface area contributed by atoms with Crippen molar-refractivity contribution in [3.8, 4) is 0 Å². The second kappa shape index (κ2) is 11.0. The van der Waals surface area contributed by atoms with Gasteiger partial charge >= 0.3 is 12.3 Å². The monoisotopic (exact) mass is 348 g/mol. The zero-order valence-electron chi connectivity index (χ0n) is 13.5. The molecule has 0 bridgehead atoms. The zero-order chi connectivity index (χ0) is 17.0. The van der Waals surface area contributed by atoms with Crippen molar-refractivity contribution in [1.82, 2.24) is 11.0 Å².